The number of amides is 1. The number of aryl methyl sites for hydroxylation is 3. The van der Waals surface area contributed by atoms with Crippen molar-refractivity contribution in [2.24, 2.45) is 0 Å². The van der Waals surface area contributed by atoms with Crippen LogP contribution in [0.1, 0.15) is 35.2 Å². The van der Waals surface area contributed by atoms with Crippen LogP contribution in [0.3, 0.4) is 0 Å². The van der Waals surface area contributed by atoms with Crippen molar-refractivity contribution >= 4 is 21.6 Å². The highest BCUT2D eigenvalue weighted by Gasteiger charge is 2.28. The lowest BCUT2D eigenvalue weighted by Crippen LogP contribution is -2.41. The standard InChI is InChI=1S/C26H30N2O4S/c1-18-11-12-19(2)24(15-18)21(4)27-26(29)17-28(22-9-7-6-8-10-22)33(30,31)23-13-14-25(32-5)20(3)16-23/h6-16,21H,17H2,1-5H3,(H,27,29). The second kappa shape index (κ2) is 10.1. The third kappa shape index (κ3) is 5.54. The Kier molecular flexibility index (Phi) is 7.43. The molecule has 1 amide bonds. The molecule has 3 aromatic rings. The third-order valence-corrected chi connectivity index (χ3v) is 7.33. The molecule has 0 aliphatic carbocycles. The predicted octanol–water partition coefficient (Wildman–Crippen LogP) is 4.69. The number of nitrogens with one attached hydrogen (secondary N) is 1. The van der Waals surface area contributed by atoms with E-state index < -0.39 is 10.0 Å². The van der Waals surface area contributed by atoms with E-state index in [1.54, 1.807) is 49.4 Å². The monoisotopic (exact) mass is 466 g/mol. The van der Waals surface area contributed by atoms with Crippen molar-refractivity contribution in [2.45, 2.75) is 38.6 Å². The summed E-state index contributed by atoms with van der Waals surface area (Å²) in [6, 6.07) is 19.1. The van der Waals surface area contributed by atoms with Crippen molar-refractivity contribution in [2.75, 3.05) is 18.0 Å². The second-order valence-corrected chi connectivity index (χ2v) is 9.99. The van der Waals surface area contributed by atoms with Gasteiger partial charge in [-0.2, -0.15) is 0 Å². The fourth-order valence-corrected chi connectivity index (χ4v) is 5.28. The lowest BCUT2D eigenvalue weighted by Gasteiger charge is -2.25. The van der Waals surface area contributed by atoms with Crippen molar-refractivity contribution in [3.63, 3.8) is 0 Å². The molecule has 0 fully saturated rings. The molecule has 3 rings (SSSR count). The van der Waals surface area contributed by atoms with Crippen LogP contribution in [0.25, 0.3) is 0 Å². The molecule has 0 bridgehead atoms. The molecule has 1 N–H and O–H groups in total. The second-order valence-electron chi connectivity index (χ2n) is 8.13. The molecule has 0 saturated heterocycles. The Bertz CT molecular complexity index is 1240. The van der Waals surface area contributed by atoms with Crippen molar-refractivity contribution in [1.82, 2.24) is 5.32 Å². The average Bonchev–Trinajstić information content (AvgIpc) is 2.79. The number of ether oxygens (including phenoxy) is 1. The van der Waals surface area contributed by atoms with Gasteiger partial charge >= 0.3 is 0 Å². The molecule has 1 unspecified atom stereocenters. The minimum Gasteiger partial charge on any atom is -0.496 e. The number of hydrogen-bond donors (Lipinski definition) is 1. The normalized spacial score (nSPS) is 12.2. The number of benzene rings is 3. The third-order valence-electron chi connectivity index (χ3n) is 5.56. The van der Waals surface area contributed by atoms with Gasteiger partial charge in [-0.05, 0) is 74.7 Å². The summed E-state index contributed by atoms with van der Waals surface area (Å²) in [5.74, 6) is 0.210. The summed E-state index contributed by atoms with van der Waals surface area (Å²) in [5, 5.41) is 2.95. The smallest absolute Gasteiger partial charge is 0.264 e. The molecule has 0 aliphatic rings. The molecule has 0 saturated carbocycles. The van der Waals surface area contributed by atoms with Crippen LogP contribution in [0.2, 0.25) is 0 Å². The topological polar surface area (TPSA) is 75.7 Å². The number of hydrogen-bond acceptors (Lipinski definition) is 4. The largest absolute Gasteiger partial charge is 0.496 e. The maximum atomic E-state index is 13.6. The summed E-state index contributed by atoms with van der Waals surface area (Å²) in [4.78, 5) is 13.1. The van der Waals surface area contributed by atoms with Gasteiger partial charge in [-0.25, -0.2) is 8.42 Å². The number of methoxy groups -OCH3 is 1. The minimum atomic E-state index is -4.00. The lowest BCUT2D eigenvalue weighted by atomic mass is 10.00. The van der Waals surface area contributed by atoms with Crippen molar-refractivity contribution in [3.05, 3.63) is 89.0 Å². The Morgan fingerprint density at radius 2 is 1.67 bits per heavy atom. The molecular formula is C26H30N2O4S. The van der Waals surface area contributed by atoms with Crippen LogP contribution >= 0.6 is 0 Å². The Labute approximate surface area is 196 Å². The molecule has 7 heteroatoms. The fraction of sp³-hybridized carbons (Fsp3) is 0.269. The van der Waals surface area contributed by atoms with Gasteiger partial charge in [0, 0.05) is 0 Å². The summed E-state index contributed by atoms with van der Waals surface area (Å²) in [6.45, 7) is 7.33. The van der Waals surface area contributed by atoms with Gasteiger partial charge in [-0.1, -0.05) is 42.0 Å². The van der Waals surface area contributed by atoms with Gasteiger partial charge in [-0.3, -0.25) is 9.10 Å². The maximum Gasteiger partial charge on any atom is 0.264 e. The van der Waals surface area contributed by atoms with E-state index in [1.807, 2.05) is 39.0 Å². The fourth-order valence-electron chi connectivity index (χ4n) is 3.77. The first-order valence-corrected chi connectivity index (χ1v) is 12.2. The number of sulfonamides is 1. The molecule has 0 spiro atoms. The molecule has 3 aromatic carbocycles. The van der Waals surface area contributed by atoms with Crippen molar-refractivity contribution in [1.29, 1.82) is 0 Å². The summed E-state index contributed by atoms with van der Waals surface area (Å²) >= 11 is 0. The number of carbonyl (C=O) groups is 1. The first kappa shape index (κ1) is 24.3. The SMILES string of the molecule is COc1ccc(S(=O)(=O)N(CC(=O)NC(C)c2cc(C)ccc2C)c2ccccc2)cc1C. The quantitative estimate of drug-likeness (QED) is 0.522. The molecular weight excluding hydrogens is 436 g/mol. The zero-order valence-electron chi connectivity index (χ0n) is 19.6. The molecule has 0 heterocycles. The Hall–Kier alpha value is -3.32. The van der Waals surface area contributed by atoms with Gasteiger partial charge in [0.2, 0.25) is 5.91 Å². The molecule has 0 radical (unpaired) electrons. The lowest BCUT2D eigenvalue weighted by molar-refractivity contribution is -0.120. The van der Waals surface area contributed by atoms with E-state index in [-0.39, 0.29) is 23.4 Å². The van der Waals surface area contributed by atoms with E-state index in [1.165, 1.54) is 13.2 Å². The highest BCUT2D eigenvalue weighted by molar-refractivity contribution is 7.92. The van der Waals surface area contributed by atoms with Crippen LogP contribution in [-0.2, 0) is 14.8 Å². The van der Waals surface area contributed by atoms with E-state index >= 15 is 0 Å². The number of rotatable bonds is 8. The van der Waals surface area contributed by atoms with Gasteiger partial charge in [0.1, 0.15) is 12.3 Å². The Morgan fingerprint density at radius 1 is 0.970 bits per heavy atom. The Balaban J connectivity index is 1.91. The van der Waals surface area contributed by atoms with Crippen LogP contribution in [0.4, 0.5) is 5.69 Å². The molecule has 0 aromatic heterocycles. The van der Waals surface area contributed by atoms with E-state index in [9.17, 15) is 13.2 Å². The minimum absolute atomic E-state index is 0.0973. The first-order chi connectivity index (χ1) is 15.6. The number of nitrogens with zero attached hydrogens (tertiary/aromatic N) is 1. The van der Waals surface area contributed by atoms with Gasteiger partial charge in [0.05, 0.1) is 23.7 Å². The van der Waals surface area contributed by atoms with Gasteiger partial charge in [-0.15, -0.1) is 0 Å². The van der Waals surface area contributed by atoms with Crippen LogP contribution in [0, 0.1) is 20.8 Å². The van der Waals surface area contributed by atoms with E-state index in [4.69, 9.17) is 4.74 Å². The first-order valence-electron chi connectivity index (χ1n) is 10.7. The highest BCUT2D eigenvalue weighted by atomic mass is 32.2. The molecule has 1 atom stereocenters. The van der Waals surface area contributed by atoms with Gasteiger partial charge in [0.15, 0.2) is 0 Å². The average molecular weight is 467 g/mol. The number of carbonyl (C=O) groups excluding carboxylic acids is 1. The van der Waals surface area contributed by atoms with E-state index in [0.29, 0.717) is 17.0 Å². The summed E-state index contributed by atoms with van der Waals surface area (Å²) in [7, 11) is -2.46. The van der Waals surface area contributed by atoms with Crippen molar-refractivity contribution < 1.29 is 17.9 Å². The highest BCUT2D eigenvalue weighted by Crippen LogP contribution is 2.27. The predicted molar refractivity (Wildman–Crippen MR) is 131 cm³/mol. The van der Waals surface area contributed by atoms with Crippen LogP contribution in [0.15, 0.2) is 71.6 Å². The molecule has 0 aliphatic heterocycles. The van der Waals surface area contributed by atoms with Crippen LogP contribution in [0.5, 0.6) is 5.75 Å². The molecule has 6 nitrogen and oxygen atoms in total. The molecule has 33 heavy (non-hydrogen) atoms. The van der Waals surface area contributed by atoms with Gasteiger partial charge < -0.3 is 10.1 Å². The van der Waals surface area contributed by atoms with Gasteiger partial charge in [0.25, 0.3) is 10.0 Å². The number of anilines is 1. The van der Waals surface area contributed by atoms with Crippen LogP contribution < -0.4 is 14.4 Å². The summed E-state index contributed by atoms with van der Waals surface area (Å²) in [6.07, 6.45) is 0. The van der Waals surface area contributed by atoms with Crippen molar-refractivity contribution in [3.8, 4) is 5.75 Å². The van der Waals surface area contributed by atoms with Crippen LogP contribution in [-0.4, -0.2) is 28.0 Å². The number of para-hydroxylation sites is 1. The summed E-state index contributed by atoms with van der Waals surface area (Å²) < 4.78 is 33.6. The van der Waals surface area contributed by atoms with E-state index in [0.717, 1.165) is 21.0 Å². The van der Waals surface area contributed by atoms with E-state index in [2.05, 4.69) is 5.32 Å². The zero-order chi connectivity index (χ0) is 24.2. The summed E-state index contributed by atoms with van der Waals surface area (Å²) in [5.41, 5.74) is 4.28. The zero-order valence-corrected chi connectivity index (χ0v) is 20.4. The Morgan fingerprint density at radius 3 is 2.30 bits per heavy atom. The molecule has 174 valence electrons. The maximum absolute atomic E-state index is 13.6.